The highest BCUT2D eigenvalue weighted by Crippen LogP contribution is 2.18. The highest BCUT2D eigenvalue weighted by molar-refractivity contribution is 5.93. The van der Waals surface area contributed by atoms with E-state index in [0.717, 1.165) is 0 Å². The molecule has 0 aliphatic carbocycles. The Bertz CT molecular complexity index is 695. The Labute approximate surface area is 122 Å². The predicted molar refractivity (Wildman–Crippen MR) is 76.5 cm³/mol. The quantitative estimate of drug-likeness (QED) is 0.867. The van der Waals surface area contributed by atoms with Gasteiger partial charge in [0.2, 0.25) is 0 Å². The molecule has 0 heterocycles. The fraction of sp³-hybridized carbons (Fsp3) is 0.125. The van der Waals surface area contributed by atoms with Crippen LogP contribution in [0.15, 0.2) is 48.5 Å². The molecular weight excluding hydrogens is 271 g/mol. The standard InChI is InChI=1S/C16H13FN2O2/c1-19(14-7-4-6-13(17)9-14)16(20)11-21-15-8-3-2-5-12(15)10-18/h2-9H,11H2,1H3. The monoisotopic (exact) mass is 284 g/mol. The molecule has 0 N–H and O–H groups in total. The van der Waals surface area contributed by atoms with Gasteiger partial charge in [0.1, 0.15) is 17.6 Å². The van der Waals surface area contributed by atoms with Gasteiger partial charge >= 0.3 is 0 Å². The summed E-state index contributed by atoms with van der Waals surface area (Å²) < 4.78 is 18.5. The summed E-state index contributed by atoms with van der Waals surface area (Å²) in [5.74, 6) is -0.405. The van der Waals surface area contributed by atoms with Gasteiger partial charge in [0.05, 0.1) is 5.56 Å². The molecule has 2 aromatic carbocycles. The summed E-state index contributed by atoms with van der Waals surface area (Å²) in [6.45, 7) is -0.230. The van der Waals surface area contributed by atoms with Crippen LogP contribution in [-0.2, 0) is 4.79 Å². The molecule has 0 saturated carbocycles. The molecule has 0 unspecified atom stereocenters. The number of benzene rings is 2. The highest BCUT2D eigenvalue weighted by atomic mass is 19.1. The van der Waals surface area contributed by atoms with E-state index >= 15 is 0 Å². The van der Waals surface area contributed by atoms with Gasteiger partial charge in [-0.1, -0.05) is 18.2 Å². The van der Waals surface area contributed by atoms with Crippen molar-refractivity contribution in [3.63, 3.8) is 0 Å². The molecule has 2 rings (SSSR count). The zero-order valence-electron chi connectivity index (χ0n) is 11.4. The molecule has 1 amide bonds. The van der Waals surface area contributed by atoms with Gasteiger partial charge in [0.25, 0.3) is 5.91 Å². The van der Waals surface area contributed by atoms with Crippen LogP contribution in [0.1, 0.15) is 5.56 Å². The van der Waals surface area contributed by atoms with Crippen molar-refractivity contribution in [2.75, 3.05) is 18.6 Å². The number of likely N-dealkylation sites (N-methyl/N-ethyl adjacent to an activating group) is 1. The maximum Gasteiger partial charge on any atom is 0.264 e. The third kappa shape index (κ3) is 3.57. The molecule has 5 heteroatoms. The number of anilines is 1. The van der Waals surface area contributed by atoms with Crippen molar-refractivity contribution in [2.24, 2.45) is 0 Å². The van der Waals surface area contributed by atoms with Crippen molar-refractivity contribution >= 4 is 11.6 Å². The lowest BCUT2D eigenvalue weighted by molar-refractivity contribution is -0.120. The minimum atomic E-state index is -0.414. The number of amides is 1. The van der Waals surface area contributed by atoms with Crippen LogP contribution in [0.25, 0.3) is 0 Å². The Kier molecular flexibility index (Phi) is 4.52. The molecule has 0 atom stereocenters. The highest BCUT2D eigenvalue weighted by Gasteiger charge is 2.13. The number of ether oxygens (including phenoxy) is 1. The van der Waals surface area contributed by atoms with Crippen molar-refractivity contribution in [1.29, 1.82) is 5.26 Å². The van der Waals surface area contributed by atoms with E-state index in [-0.39, 0.29) is 12.5 Å². The molecule has 0 fully saturated rings. The Balaban J connectivity index is 2.03. The van der Waals surface area contributed by atoms with Crippen LogP contribution >= 0.6 is 0 Å². The van der Waals surface area contributed by atoms with Crippen molar-refractivity contribution < 1.29 is 13.9 Å². The first-order chi connectivity index (χ1) is 10.1. The van der Waals surface area contributed by atoms with E-state index < -0.39 is 5.82 Å². The molecule has 106 valence electrons. The molecular formula is C16H13FN2O2. The van der Waals surface area contributed by atoms with Crippen molar-refractivity contribution in [3.8, 4) is 11.8 Å². The van der Waals surface area contributed by atoms with E-state index in [1.807, 2.05) is 6.07 Å². The summed E-state index contributed by atoms with van der Waals surface area (Å²) in [7, 11) is 1.54. The lowest BCUT2D eigenvalue weighted by Gasteiger charge is -2.17. The average Bonchev–Trinajstić information content (AvgIpc) is 2.52. The second-order valence-electron chi connectivity index (χ2n) is 4.33. The van der Waals surface area contributed by atoms with Gasteiger partial charge in [-0.2, -0.15) is 5.26 Å². The Morgan fingerprint density at radius 3 is 2.76 bits per heavy atom. The Hall–Kier alpha value is -2.87. The van der Waals surface area contributed by atoms with Crippen LogP contribution in [0.5, 0.6) is 5.75 Å². The van der Waals surface area contributed by atoms with Gasteiger partial charge in [-0.05, 0) is 30.3 Å². The zero-order valence-corrected chi connectivity index (χ0v) is 11.4. The molecule has 0 bridgehead atoms. The molecule has 0 aliphatic rings. The van der Waals surface area contributed by atoms with E-state index in [0.29, 0.717) is 17.0 Å². The first-order valence-electron chi connectivity index (χ1n) is 6.26. The number of carbonyl (C=O) groups is 1. The smallest absolute Gasteiger partial charge is 0.264 e. The van der Waals surface area contributed by atoms with Crippen LogP contribution in [0.2, 0.25) is 0 Å². The Morgan fingerprint density at radius 1 is 1.29 bits per heavy atom. The second kappa shape index (κ2) is 6.53. The normalized spacial score (nSPS) is 9.76. The summed E-state index contributed by atoms with van der Waals surface area (Å²) in [5.41, 5.74) is 0.802. The van der Waals surface area contributed by atoms with E-state index in [2.05, 4.69) is 0 Å². The van der Waals surface area contributed by atoms with Gasteiger partial charge in [0, 0.05) is 12.7 Å². The number of para-hydroxylation sites is 1. The summed E-state index contributed by atoms with van der Waals surface area (Å²) in [6, 6.07) is 14.4. The molecule has 2 aromatic rings. The Morgan fingerprint density at radius 2 is 2.05 bits per heavy atom. The van der Waals surface area contributed by atoms with Crippen LogP contribution in [-0.4, -0.2) is 19.6 Å². The number of carbonyl (C=O) groups excluding carboxylic acids is 1. The number of halogens is 1. The number of hydrogen-bond acceptors (Lipinski definition) is 3. The van der Waals surface area contributed by atoms with Crippen LogP contribution in [0.4, 0.5) is 10.1 Å². The summed E-state index contributed by atoms with van der Waals surface area (Å²) >= 11 is 0. The zero-order chi connectivity index (χ0) is 15.2. The molecule has 21 heavy (non-hydrogen) atoms. The van der Waals surface area contributed by atoms with Crippen LogP contribution in [0, 0.1) is 17.1 Å². The minimum Gasteiger partial charge on any atom is -0.482 e. The van der Waals surface area contributed by atoms with E-state index in [1.165, 1.54) is 30.1 Å². The third-order valence-electron chi connectivity index (χ3n) is 2.93. The number of nitriles is 1. The number of hydrogen-bond donors (Lipinski definition) is 0. The van der Waals surface area contributed by atoms with E-state index in [9.17, 15) is 9.18 Å². The predicted octanol–water partition coefficient (Wildman–Crippen LogP) is 2.74. The fourth-order valence-electron chi connectivity index (χ4n) is 1.75. The van der Waals surface area contributed by atoms with Crippen molar-refractivity contribution in [2.45, 2.75) is 0 Å². The van der Waals surface area contributed by atoms with E-state index in [1.54, 1.807) is 30.3 Å². The maximum atomic E-state index is 13.1. The second-order valence-corrected chi connectivity index (χ2v) is 4.33. The number of nitrogens with zero attached hydrogens (tertiary/aromatic N) is 2. The first-order valence-corrected chi connectivity index (χ1v) is 6.26. The lowest BCUT2D eigenvalue weighted by Crippen LogP contribution is -2.31. The fourth-order valence-corrected chi connectivity index (χ4v) is 1.75. The third-order valence-corrected chi connectivity index (χ3v) is 2.93. The first kappa shape index (κ1) is 14.5. The SMILES string of the molecule is CN(C(=O)COc1ccccc1C#N)c1cccc(F)c1. The van der Waals surface area contributed by atoms with Crippen molar-refractivity contribution in [3.05, 3.63) is 59.9 Å². The molecule has 0 aliphatic heterocycles. The van der Waals surface area contributed by atoms with Gasteiger partial charge in [0.15, 0.2) is 6.61 Å². The van der Waals surface area contributed by atoms with Gasteiger partial charge < -0.3 is 9.64 Å². The molecule has 0 saturated heterocycles. The lowest BCUT2D eigenvalue weighted by atomic mass is 10.2. The van der Waals surface area contributed by atoms with Crippen molar-refractivity contribution in [1.82, 2.24) is 0 Å². The molecule has 0 spiro atoms. The minimum absolute atomic E-state index is 0.230. The molecule has 4 nitrogen and oxygen atoms in total. The average molecular weight is 284 g/mol. The maximum absolute atomic E-state index is 13.1. The summed E-state index contributed by atoms with van der Waals surface area (Å²) in [4.78, 5) is 13.3. The molecule has 0 radical (unpaired) electrons. The van der Waals surface area contributed by atoms with Crippen LogP contribution < -0.4 is 9.64 Å². The topological polar surface area (TPSA) is 53.3 Å². The van der Waals surface area contributed by atoms with Gasteiger partial charge in [-0.3, -0.25) is 4.79 Å². The summed E-state index contributed by atoms with van der Waals surface area (Å²) in [6.07, 6.45) is 0. The van der Waals surface area contributed by atoms with E-state index in [4.69, 9.17) is 10.00 Å². The number of rotatable bonds is 4. The summed E-state index contributed by atoms with van der Waals surface area (Å²) in [5, 5.41) is 8.93. The molecule has 0 aromatic heterocycles. The van der Waals surface area contributed by atoms with Gasteiger partial charge in [-0.15, -0.1) is 0 Å². The van der Waals surface area contributed by atoms with Gasteiger partial charge in [-0.25, -0.2) is 4.39 Å². The van der Waals surface area contributed by atoms with Crippen LogP contribution in [0.3, 0.4) is 0 Å². The largest absolute Gasteiger partial charge is 0.482 e.